The van der Waals surface area contributed by atoms with Crippen molar-refractivity contribution in [2.75, 3.05) is 6.54 Å². The summed E-state index contributed by atoms with van der Waals surface area (Å²) in [5.41, 5.74) is 12.8. The lowest BCUT2D eigenvalue weighted by atomic mass is 10.1. The number of hydrogen-bond acceptors (Lipinski definition) is 5. The first kappa shape index (κ1) is 9.57. The zero-order valence-electron chi connectivity index (χ0n) is 7.88. The molecular weight excluding hydrogens is 178 g/mol. The first-order chi connectivity index (χ1) is 6.95. The Labute approximate surface area is 83.2 Å². The monoisotopic (exact) mass is 193 g/mol. The third-order valence-electron chi connectivity index (χ3n) is 2.10. The molecule has 5 nitrogen and oxygen atoms in total. The molecule has 2 rings (SSSR count). The summed E-state index contributed by atoms with van der Waals surface area (Å²) in [4.78, 5) is 0. The molecule has 1 aromatic rings. The molecule has 14 heavy (non-hydrogen) atoms. The Bertz CT molecular complexity index is 257. The van der Waals surface area contributed by atoms with Gasteiger partial charge in [-0.1, -0.05) is 30.3 Å². The van der Waals surface area contributed by atoms with E-state index in [1.54, 1.807) is 0 Å². The van der Waals surface area contributed by atoms with Gasteiger partial charge in [-0.25, -0.2) is 10.9 Å². The summed E-state index contributed by atoms with van der Waals surface area (Å²) in [6, 6.07) is 10.4. The standard InChI is InChI=1S/C9H15N5/c1-2-4-8(5-3-1)6-7-10-9-11-13-14-12-9/h1-5,9-14H,6-7H2. The van der Waals surface area contributed by atoms with Crippen LogP contribution in [0.2, 0.25) is 0 Å². The molecule has 1 aliphatic rings. The Morgan fingerprint density at radius 1 is 1.07 bits per heavy atom. The van der Waals surface area contributed by atoms with Gasteiger partial charge in [-0.05, 0) is 12.0 Å². The van der Waals surface area contributed by atoms with E-state index in [1.807, 2.05) is 6.07 Å². The van der Waals surface area contributed by atoms with Crippen molar-refractivity contribution in [3.63, 3.8) is 0 Å². The van der Waals surface area contributed by atoms with E-state index in [-0.39, 0.29) is 6.29 Å². The summed E-state index contributed by atoms with van der Waals surface area (Å²) in [5.74, 6) is 0. The maximum absolute atomic E-state index is 3.28. The summed E-state index contributed by atoms with van der Waals surface area (Å²) in [7, 11) is 0. The highest BCUT2D eigenvalue weighted by Gasteiger charge is 2.09. The van der Waals surface area contributed by atoms with E-state index in [4.69, 9.17) is 0 Å². The maximum Gasteiger partial charge on any atom is 0.139 e. The van der Waals surface area contributed by atoms with E-state index >= 15 is 0 Å². The normalized spacial score (nSPS) is 17.4. The highest BCUT2D eigenvalue weighted by atomic mass is 15.8. The molecule has 0 saturated carbocycles. The van der Waals surface area contributed by atoms with E-state index in [0.29, 0.717) is 0 Å². The van der Waals surface area contributed by atoms with Crippen LogP contribution in [0.4, 0.5) is 0 Å². The highest BCUT2D eigenvalue weighted by molar-refractivity contribution is 5.14. The molecule has 1 aliphatic heterocycles. The lowest BCUT2D eigenvalue weighted by molar-refractivity contribution is 0.428. The Morgan fingerprint density at radius 2 is 1.79 bits per heavy atom. The summed E-state index contributed by atoms with van der Waals surface area (Å²) >= 11 is 0. The highest BCUT2D eigenvalue weighted by Crippen LogP contribution is 1.97. The minimum atomic E-state index is 0.0821. The van der Waals surface area contributed by atoms with Gasteiger partial charge in [-0.15, -0.1) is 0 Å². The fourth-order valence-corrected chi connectivity index (χ4v) is 1.36. The molecule has 0 spiro atoms. The van der Waals surface area contributed by atoms with E-state index in [9.17, 15) is 0 Å². The summed E-state index contributed by atoms with van der Waals surface area (Å²) in [6.07, 6.45) is 1.11. The lowest BCUT2D eigenvalue weighted by Gasteiger charge is -2.10. The van der Waals surface area contributed by atoms with E-state index in [0.717, 1.165) is 13.0 Å². The molecule has 5 N–H and O–H groups in total. The van der Waals surface area contributed by atoms with Gasteiger partial charge in [0.05, 0.1) is 0 Å². The lowest BCUT2D eigenvalue weighted by Crippen LogP contribution is -2.47. The SMILES string of the molecule is c1ccc(CCNC2NNNN2)cc1. The zero-order chi connectivity index (χ0) is 9.64. The molecular formula is C9H15N5. The van der Waals surface area contributed by atoms with Crippen LogP contribution in [0.3, 0.4) is 0 Å². The molecule has 0 amide bonds. The molecule has 76 valence electrons. The number of rotatable bonds is 4. The predicted octanol–water partition coefficient (Wildman–Crippen LogP) is -0.781. The molecule has 1 aromatic carbocycles. The topological polar surface area (TPSA) is 60.1 Å². The maximum atomic E-state index is 3.28. The fraction of sp³-hybridized carbons (Fsp3) is 0.333. The summed E-state index contributed by atoms with van der Waals surface area (Å²) in [5, 5.41) is 3.28. The first-order valence-corrected chi connectivity index (χ1v) is 4.73. The van der Waals surface area contributed by atoms with Crippen LogP contribution in [0, 0.1) is 0 Å². The van der Waals surface area contributed by atoms with Crippen LogP contribution in [0.5, 0.6) is 0 Å². The largest absolute Gasteiger partial charge is 0.287 e. The first-order valence-electron chi connectivity index (χ1n) is 4.73. The van der Waals surface area contributed by atoms with Crippen molar-refractivity contribution < 1.29 is 0 Å². The fourth-order valence-electron chi connectivity index (χ4n) is 1.36. The van der Waals surface area contributed by atoms with Crippen molar-refractivity contribution in [2.24, 2.45) is 0 Å². The molecule has 1 heterocycles. The van der Waals surface area contributed by atoms with Gasteiger partial charge in [0.25, 0.3) is 0 Å². The molecule has 0 atom stereocenters. The van der Waals surface area contributed by atoms with Gasteiger partial charge in [0.1, 0.15) is 6.29 Å². The van der Waals surface area contributed by atoms with Crippen LogP contribution in [0.1, 0.15) is 5.56 Å². The van der Waals surface area contributed by atoms with Gasteiger partial charge < -0.3 is 0 Å². The zero-order valence-corrected chi connectivity index (χ0v) is 7.88. The Hall–Kier alpha value is -0.980. The third kappa shape index (κ3) is 2.76. The Kier molecular flexibility index (Phi) is 3.44. The number of nitrogens with one attached hydrogen (secondary N) is 5. The molecule has 5 heteroatoms. The van der Waals surface area contributed by atoms with Crippen molar-refractivity contribution in [3.05, 3.63) is 35.9 Å². The second-order valence-electron chi connectivity index (χ2n) is 3.16. The van der Waals surface area contributed by atoms with Crippen molar-refractivity contribution >= 4 is 0 Å². The van der Waals surface area contributed by atoms with Crippen LogP contribution in [0.25, 0.3) is 0 Å². The Morgan fingerprint density at radius 3 is 2.50 bits per heavy atom. The van der Waals surface area contributed by atoms with Crippen LogP contribution < -0.4 is 27.2 Å². The van der Waals surface area contributed by atoms with Gasteiger partial charge in [-0.3, -0.25) is 5.32 Å². The van der Waals surface area contributed by atoms with Gasteiger partial charge >= 0.3 is 0 Å². The second kappa shape index (κ2) is 5.04. The number of hydrazine groups is 3. The van der Waals surface area contributed by atoms with Gasteiger partial charge in [-0.2, -0.15) is 11.1 Å². The van der Waals surface area contributed by atoms with Gasteiger partial charge in [0.2, 0.25) is 0 Å². The third-order valence-corrected chi connectivity index (χ3v) is 2.10. The average molecular weight is 193 g/mol. The smallest absolute Gasteiger partial charge is 0.139 e. The van der Waals surface area contributed by atoms with Gasteiger partial charge in [0.15, 0.2) is 0 Å². The molecule has 1 saturated heterocycles. The quantitative estimate of drug-likeness (QED) is 0.434. The molecule has 1 fully saturated rings. The van der Waals surface area contributed by atoms with Crippen LogP contribution in [-0.4, -0.2) is 12.8 Å². The van der Waals surface area contributed by atoms with Gasteiger partial charge in [0, 0.05) is 6.54 Å². The van der Waals surface area contributed by atoms with Crippen molar-refractivity contribution in [1.82, 2.24) is 27.2 Å². The number of benzene rings is 1. The van der Waals surface area contributed by atoms with Crippen molar-refractivity contribution in [2.45, 2.75) is 12.7 Å². The van der Waals surface area contributed by atoms with Crippen molar-refractivity contribution in [3.8, 4) is 0 Å². The van der Waals surface area contributed by atoms with Crippen LogP contribution >= 0.6 is 0 Å². The minimum absolute atomic E-state index is 0.0821. The summed E-state index contributed by atoms with van der Waals surface area (Å²) in [6.45, 7) is 0.929. The predicted molar refractivity (Wildman–Crippen MR) is 54.5 cm³/mol. The molecule has 0 aliphatic carbocycles. The van der Waals surface area contributed by atoms with Crippen LogP contribution in [0.15, 0.2) is 30.3 Å². The summed E-state index contributed by atoms with van der Waals surface area (Å²) < 4.78 is 0. The minimum Gasteiger partial charge on any atom is -0.287 e. The molecule has 0 unspecified atom stereocenters. The molecule has 0 aromatic heterocycles. The van der Waals surface area contributed by atoms with E-state index in [1.165, 1.54) is 5.56 Å². The van der Waals surface area contributed by atoms with Crippen molar-refractivity contribution in [1.29, 1.82) is 0 Å². The average Bonchev–Trinajstić information content (AvgIpc) is 2.72. The molecule has 0 bridgehead atoms. The second-order valence-corrected chi connectivity index (χ2v) is 3.16. The number of hydrogen-bond donors (Lipinski definition) is 5. The van der Waals surface area contributed by atoms with E-state index in [2.05, 4.69) is 51.5 Å². The van der Waals surface area contributed by atoms with Crippen LogP contribution in [-0.2, 0) is 6.42 Å². The van der Waals surface area contributed by atoms with E-state index < -0.39 is 0 Å². The Balaban J connectivity index is 1.67. The molecule has 0 radical (unpaired) electrons.